The van der Waals surface area contributed by atoms with Crippen LogP contribution >= 0.6 is 0 Å². The molecule has 4 aromatic rings. The molecule has 2 aromatic heterocycles. The van der Waals surface area contributed by atoms with E-state index in [0.717, 1.165) is 41.0 Å². The molecule has 1 fully saturated rings. The summed E-state index contributed by atoms with van der Waals surface area (Å²) in [6.45, 7) is 6.06. The third kappa shape index (κ3) is 5.07. The van der Waals surface area contributed by atoms with Crippen LogP contribution in [-0.2, 0) is 18.8 Å². The molecule has 1 unspecified atom stereocenters. The third-order valence-electron chi connectivity index (χ3n) is 6.38. The van der Waals surface area contributed by atoms with E-state index < -0.39 is 28.7 Å². The average Bonchev–Trinajstić information content (AvgIpc) is 2.92. The minimum atomic E-state index is -1.24. The molecule has 1 saturated heterocycles. The molecular weight excluding hydrogens is 478 g/mol. The Hall–Kier alpha value is -4.15. The zero-order valence-corrected chi connectivity index (χ0v) is 20.9. The monoisotopic (exact) mass is 507 g/mol. The molecule has 0 bridgehead atoms. The highest BCUT2D eigenvalue weighted by Gasteiger charge is 2.30. The number of hydrogen-bond donors (Lipinski definition) is 2. The fourth-order valence-corrected chi connectivity index (χ4v) is 4.32. The first-order chi connectivity index (χ1) is 17.7. The molecule has 0 radical (unpaired) electrons. The van der Waals surface area contributed by atoms with Gasteiger partial charge < -0.3 is 29.3 Å². The van der Waals surface area contributed by atoms with Gasteiger partial charge in [0.2, 0.25) is 0 Å². The Labute approximate surface area is 212 Å². The number of fused-ring (bicyclic) bond motifs is 1. The number of hydrogen-bond acceptors (Lipinski definition) is 7. The number of aromatic hydroxyl groups is 1. The molecule has 5 rings (SSSR count). The predicted octanol–water partition coefficient (Wildman–Crippen LogP) is 0.0382. The number of ether oxygens (including phenoxy) is 1. The van der Waals surface area contributed by atoms with Crippen molar-refractivity contribution < 1.29 is 24.7 Å². The largest absolute Gasteiger partial charge is 0.860 e. The minimum absolute atomic E-state index is 0.173. The molecule has 0 aliphatic carbocycles. The summed E-state index contributed by atoms with van der Waals surface area (Å²) in [6.07, 6.45) is 0. The second kappa shape index (κ2) is 10.9. The van der Waals surface area contributed by atoms with Gasteiger partial charge in [0.25, 0.3) is 5.56 Å². The SMILES string of the molecule is C1COCC[NH2+]1.Cc1ccc(C(c2c(O)c3ccccc3oc2=O)c2c([O-])n(C)c(=O)n(C)c2=O)cc1. The van der Waals surface area contributed by atoms with E-state index in [1.54, 1.807) is 42.5 Å². The molecule has 2 aromatic carbocycles. The first-order valence-corrected chi connectivity index (χ1v) is 11.9. The van der Waals surface area contributed by atoms with Crippen LogP contribution in [0.5, 0.6) is 11.6 Å². The Bertz CT molecular complexity index is 1580. The summed E-state index contributed by atoms with van der Waals surface area (Å²) >= 11 is 0. The second-order valence-electron chi connectivity index (χ2n) is 8.89. The van der Waals surface area contributed by atoms with Gasteiger partial charge >= 0.3 is 11.3 Å². The summed E-state index contributed by atoms with van der Waals surface area (Å²) in [4.78, 5) is 38.2. The van der Waals surface area contributed by atoms with Crippen molar-refractivity contribution in [2.24, 2.45) is 14.1 Å². The Morgan fingerprint density at radius 2 is 1.59 bits per heavy atom. The first kappa shape index (κ1) is 25.9. The van der Waals surface area contributed by atoms with E-state index in [0.29, 0.717) is 5.56 Å². The highest BCUT2D eigenvalue weighted by atomic mass is 16.5. The van der Waals surface area contributed by atoms with Crippen LogP contribution in [0.15, 0.2) is 67.3 Å². The predicted molar refractivity (Wildman–Crippen MR) is 135 cm³/mol. The van der Waals surface area contributed by atoms with Gasteiger partial charge in [-0.2, -0.15) is 0 Å². The fraction of sp³-hybridized carbons (Fsp3) is 0.296. The molecular formula is C27H29N3O7. The highest BCUT2D eigenvalue weighted by molar-refractivity contribution is 5.84. The van der Waals surface area contributed by atoms with Crippen LogP contribution in [0.3, 0.4) is 0 Å². The molecule has 0 spiro atoms. The van der Waals surface area contributed by atoms with E-state index in [4.69, 9.17) is 9.15 Å². The quantitative estimate of drug-likeness (QED) is 0.373. The molecule has 1 atom stereocenters. The molecule has 37 heavy (non-hydrogen) atoms. The zero-order valence-electron chi connectivity index (χ0n) is 20.9. The third-order valence-corrected chi connectivity index (χ3v) is 6.38. The fourth-order valence-electron chi connectivity index (χ4n) is 4.32. The highest BCUT2D eigenvalue weighted by Crippen LogP contribution is 2.38. The maximum atomic E-state index is 13.0. The van der Waals surface area contributed by atoms with Crippen molar-refractivity contribution in [3.05, 3.63) is 102 Å². The maximum Gasteiger partial charge on any atom is 0.344 e. The van der Waals surface area contributed by atoms with Crippen LogP contribution in [0.2, 0.25) is 0 Å². The molecule has 3 N–H and O–H groups in total. The Morgan fingerprint density at radius 3 is 2.19 bits per heavy atom. The number of morpholine rings is 1. The smallest absolute Gasteiger partial charge is 0.344 e. The standard InChI is InChI=1S/C23H20N2O6.C4H9NO/c1-12-8-10-13(11-9-12)16(18-20(27)24(2)23(30)25(3)21(18)28)17-19(26)14-6-4-5-7-15(14)31-22(17)29;1-3-6-4-2-5-1/h4-11,16,26-27H,1-3H3;5H,1-4H2. The molecule has 3 heterocycles. The summed E-state index contributed by atoms with van der Waals surface area (Å²) in [6, 6.07) is 13.3. The summed E-state index contributed by atoms with van der Waals surface area (Å²) in [5.74, 6) is -2.46. The van der Waals surface area contributed by atoms with Crippen molar-refractivity contribution in [1.82, 2.24) is 9.13 Å². The molecule has 10 nitrogen and oxygen atoms in total. The lowest BCUT2D eigenvalue weighted by Gasteiger charge is -2.25. The lowest BCUT2D eigenvalue weighted by Crippen LogP contribution is -2.87. The van der Waals surface area contributed by atoms with Crippen LogP contribution in [0.4, 0.5) is 0 Å². The van der Waals surface area contributed by atoms with Gasteiger partial charge in [-0.05, 0) is 30.5 Å². The van der Waals surface area contributed by atoms with E-state index in [-0.39, 0.29) is 27.8 Å². The summed E-state index contributed by atoms with van der Waals surface area (Å²) in [5, 5.41) is 26.6. The number of nitrogens with two attached hydrogens (primary N) is 1. The van der Waals surface area contributed by atoms with E-state index in [2.05, 4.69) is 5.32 Å². The van der Waals surface area contributed by atoms with Crippen LogP contribution in [-0.4, -0.2) is 40.5 Å². The Morgan fingerprint density at radius 1 is 0.946 bits per heavy atom. The molecule has 0 saturated carbocycles. The topological polar surface area (TPSA) is 143 Å². The van der Waals surface area contributed by atoms with Gasteiger partial charge in [-0.25, -0.2) is 9.59 Å². The number of aromatic nitrogens is 2. The Balaban J connectivity index is 0.000000469. The van der Waals surface area contributed by atoms with Crippen molar-refractivity contribution in [3.8, 4) is 11.6 Å². The van der Waals surface area contributed by atoms with Crippen LogP contribution < -0.4 is 27.3 Å². The Kier molecular flexibility index (Phi) is 7.61. The number of rotatable bonds is 3. The van der Waals surface area contributed by atoms with Crippen LogP contribution in [0.1, 0.15) is 28.2 Å². The minimum Gasteiger partial charge on any atom is -0.860 e. The summed E-state index contributed by atoms with van der Waals surface area (Å²) in [5.41, 5.74) is -1.54. The zero-order chi connectivity index (χ0) is 26.7. The number of benzene rings is 2. The summed E-state index contributed by atoms with van der Waals surface area (Å²) in [7, 11) is 2.51. The van der Waals surface area contributed by atoms with Crippen molar-refractivity contribution in [2.75, 3.05) is 26.3 Å². The molecule has 0 amide bonds. The number of quaternary nitrogens is 1. The van der Waals surface area contributed by atoms with Gasteiger partial charge in [-0.1, -0.05) is 42.0 Å². The van der Waals surface area contributed by atoms with Crippen LogP contribution in [0, 0.1) is 6.92 Å². The van der Waals surface area contributed by atoms with E-state index in [1.165, 1.54) is 20.2 Å². The summed E-state index contributed by atoms with van der Waals surface area (Å²) < 4.78 is 12.0. The van der Waals surface area contributed by atoms with Gasteiger partial charge in [-0.3, -0.25) is 9.36 Å². The second-order valence-corrected chi connectivity index (χ2v) is 8.89. The van der Waals surface area contributed by atoms with E-state index in [9.17, 15) is 24.6 Å². The molecule has 1 aliphatic heterocycles. The average molecular weight is 508 g/mol. The van der Waals surface area contributed by atoms with Gasteiger partial charge in [-0.15, -0.1) is 0 Å². The molecule has 10 heteroatoms. The van der Waals surface area contributed by atoms with E-state index >= 15 is 0 Å². The van der Waals surface area contributed by atoms with Crippen molar-refractivity contribution in [3.63, 3.8) is 0 Å². The van der Waals surface area contributed by atoms with Crippen LogP contribution in [0.25, 0.3) is 11.0 Å². The molecule has 1 aliphatic rings. The number of para-hydroxylation sites is 1. The van der Waals surface area contributed by atoms with Gasteiger partial charge in [0.1, 0.15) is 11.3 Å². The van der Waals surface area contributed by atoms with Crippen molar-refractivity contribution in [2.45, 2.75) is 12.8 Å². The van der Waals surface area contributed by atoms with Crippen molar-refractivity contribution >= 4 is 11.0 Å². The number of nitrogens with zero attached hydrogens (tertiary/aromatic N) is 2. The van der Waals surface area contributed by atoms with Crippen molar-refractivity contribution in [1.29, 1.82) is 0 Å². The number of aryl methyl sites for hydroxylation is 1. The maximum absolute atomic E-state index is 13.0. The van der Waals surface area contributed by atoms with Gasteiger partial charge in [0.15, 0.2) is 0 Å². The normalized spacial score (nSPS) is 14.1. The lowest BCUT2D eigenvalue weighted by molar-refractivity contribution is -0.670. The first-order valence-electron chi connectivity index (χ1n) is 11.9. The lowest BCUT2D eigenvalue weighted by atomic mass is 9.85. The van der Waals surface area contributed by atoms with Gasteiger partial charge in [0.05, 0.1) is 43.2 Å². The van der Waals surface area contributed by atoms with Gasteiger partial charge in [0, 0.05) is 19.7 Å². The van der Waals surface area contributed by atoms with E-state index in [1.807, 2.05) is 6.92 Å². The molecule has 194 valence electrons.